The highest BCUT2D eigenvalue weighted by Crippen LogP contribution is 2.23. The van der Waals surface area contributed by atoms with E-state index in [1.807, 2.05) is 30.3 Å². The van der Waals surface area contributed by atoms with Gasteiger partial charge in [-0.2, -0.15) is 0 Å². The quantitative estimate of drug-likeness (QED) is 0.427. The maximum absolute atomic E-state index is 12.7. The lowest BCUT2D eigenvalue weighted by Crippen LogP contribution is -2.29. The van der Waals surface area contributed by atoms with Crippen molar-refractivity contribution >= 4 is 29.6 Å². The predicted molar refractivity (Wildman–Crippen MR) is 115 cm³/mol. The van der Waals surface area contributed by atoms with E-state index in [-0.39, 0.29) is 25.5 Å². The molecule has 1 N–H and O–H groups in total. The lowest BCUT2D eigenvalue weighted by atomic mass is 9.96. The second-order valence-corrected chi connectivity index (χ2v) is 7.52. The van der Waals surface area contributed by atoms with Crippen molar-refractivity contribution in [3.8, 4) is 0 Å². The largest absolute Gasteiger partial charge is 0.460 e. The minimum Gasteiger partial charge on any atom is -0.460 e. The first-order valence-electron chi connectivity index (χ1n) is 9.90. The molecule has 1 atom stereocenters. The van der Waals surface area contributed by atoms with Gasteiger partial charge in [0.05, 0.1) is 11.8 Å². The molecule has 31 heavy (non-hydrogen) atoms. The Bertz CT molecular complexity index is 854. The standard InChI is InChI=1S/C23H26ClNO6/c1-16(2)21(26)30-15-31-23(28)25-13-12-20(18-8-10-19(24)11-9-18)22(27)29-14-17-6-4-3-5-7-17/h3-11,16,20H,12-15H2,1-2H3,(H,25,28). The first-order valence-corrected chi connectivity index (χ1v) is 10.3. The number of ether oxygens (including phenoxy) is 3. The van der Waals surface area contributed by atoms with Crippen LogP contribution in [0.15, 0.2) is 54.6 Å². The highest BCUT2D eigenvalue weighted by Gasteiger charge is 2.22. The molecule has 0 aliphatic carbocycles. The lowest BCUT2D eigenvalue weighted by molar-refractivity contribution is -0.155. The molecule has 0 saturated heterocycles. The van der Waals surface area contributed by atoms with Crippen molar-refractivity contribution in [3.63, 3.8) is 0 Å². The third-order valence-corrected chi connectivity index (χ3v) is 4.60. The molecule has 7 nitrogen and oxygen atoms in total. The van der Waals surface area contributed by atoms with E-state index in [0.29, 0.717) is 5.02 Å². The third kappa shape index (κ3) is 8.68. The fourth-order valence-electron chi connectivity index (χ4n) is 2.62. The zero-order chi connectivity index (χ0) is 22.6. The summed E-state index contributed by atoms with van der Waals surface area (Å²) in [6, 6.07) is 16.2. The number of rotatable bonds is 10. The first kappa shape index (κ1) is 24.2. The summed E-state index contributed by atoms with van der Waals surface area (Å²) in [5, 5.41) is 3.09. The van der Waals surface area contributed by atoms with Gasteiger partial charge in [-0.1, -0.05) is 67.9 Å². The number of nitrogens with one attached hydrogen (secondary N) is 1. The smallest absolute Gasteiger partial charge is 0.410 e. The van der Waals surface area contributed by atoms with E-state index in [4.69, 9.17) is 25.8 Å². The van der Waals surface area contributed by atoms with Crippen molar-refractivity contribution in [3.05, 3.63) is 70.7 Å². The number of hydrogen-bond acceptors (Lipinski definition) is 6. The number of esters is 2. The molecule has 2 rings (SSSR count). The molecule has 0 fully saturated rings. The van der Waals surface area contributed by atoms with E-state index < -0.39 is 30.7 Å². The first-order chi connectivity index (χ1) is 14.9. The van der Waals surface area contributed by atoms with Gasteiger partial charge >= 0.3 is 18.0 Å². The molecule has 1 amide bonds. The van der Waals surface area contributed by atoms with Crippen LogP contribution in [-0.2, 0) is 30.4 Å². The SMILES string of the molecule is CC(C)C(=O)OCOC(=O)NCCC(C(=O)OCc1ccccc1)c1ccc(Cl)cc1. The highest BCUT2D eigenvalue weighted by molar-refractivity contribution is 6.30. The minimum absolute atomic E-state index is 0.153. The number of carbonyl (C=O) groups is 3. The van der Waals surface area contributed by atoms with Crippen LogP contribution < -0.4 is 5.32 Å². The molecule has 0 spiro atoms. The van der Waals surface area contributed by atoms with Crippen LogP contribution in [0.5, 0.6) is 0 Å². The molecular formula is C23H26ClNO6. The fourth-order valence-corrected chi connectivity index (χ4v) is 2.75. The summed E-state index contributed by atoms with van der Waals surface area (Å²) in [7, 11) is 0. The number of amides is 1. The maximum Gasteiger partial charge on any atom is 0.410 e. The Kier molecular flexibility index (Phi) is 9.84. The zero-order valence-electron chi connectivity index (χ0n) is 17.5. The fraction of sp³-hybridized carbons (Fsp3) is 0.348. The van der Waals surface area contributed by atoms with Crippen LogP contribution in [-0.4, -0.2) is 31.4 Å². The Morgan fingerprint density at radius 2 is 1.58 bits per heavy atom. The van der Waals surface area contributed by atoms with Gasteiger partial charge in [0, 0.05) is 11.6 Å². The van der Waals surface area contributed by atoms with Crippen LogP contribution in [0.3, 0.4) is 0 Å². The van der Waals surface area contributed by atoms with Gasteiger partial charge in [-0.05, 0) is 29.7 Å². The average molecular weight is 448 g/mol. The van der Waals surface area contributed by atoms with Crippen molar-refractivity contribution < 1.29 is 28.6 Å². The van der Waals surface area contributed by atoms with E-state index in [2.05, 4.69) is 5.32 Å². The topological polar surface area (TPSA) is 90.9 Å². The van der Waals surface area contributed by atoms with E-state index in [9.17, 15) is 14.4 Å². The van der Waals surface area contributed by atoms with E-state index >= 15 is 0 Å². The van der Waals surface area contributed by atoms with E-state index in [1.165, 1.54) is 0 Å². The van der Waals surface area contributed by atoms with Gasteiger partial charge in [-0.25, -0.2) is 4.79 Å². The third-order valence-electron chi connectivity index (χ3n) is 4.35. The molecule has 0 aromatic heterocycles. The molecule has 0 saturated carbocycles. The van der Waals surface area contributed by atoms with Gasteiger partial charge in [0.2, 0.25) is 6.79 Å². The van der Waals surface area contributed by atoms with Crippen LogP contribution in [0.1, 0.15) is 37.3 Å². The molecule has 0 aliphatic heterocycles. The molecule has 2 aromatic carbocycles. The zero-order valence-corrected chi connectivity index (χ0v) is 18.3. The van der Waals surface area contributed by atoms with Crippen molar-refractivity contribution in [2.75, 3.05) is 13.3 Å². The number of hydrogen-bond donors (Lipinski definition) is 1. The molecule has 2 aromatic rings. The molecule has 0 radical (unpaired) electrons. The molecule has 0 aliphatic rings. The van der Waals surface area contributed by atoms with Crippen LogP contribution >= 0.6 is 11.6 Å². The van der Waals surface area contributed by atoms with Crippen LogP contribution in [0.4, 0.5) is 4.79 Å². The number of carbonyl (C=O) groups excluding carboxylic acids is 3. The van der Waals surface area contributed by atoms with E-state index in [1.54, 1.807) is 38.1 Å². The average Bonchev–Trinajstić information content (AvgIpc) is 2.76. The van der Waals surface area contributed by atoms with Crippen molar-refractivity contribution in [1.82, 2.24) is 5.32 Å². The molecule has 1 unspecified atom stereocenters. The Morgan fingerprint density at radius 1 is 0.903 bits per heavy atom. The van der Waals surface area contributed by atoms with Gasteiger partial charge in [0.1, 0.15) is 6.61 Å². The van der Waals surface area contributed by atoms with Crippen molar-refractivity contribution in [1.29, 1.82) is 0 Å². The molecule has 0 heterocycles. The van der Waals surface area contributed by atoms with E-state index in [0.717, 1.165) is 11.1 Å². The number of halogens is 1. The predicted octanol–water partition coefficient (Wildman–Crippen LogP) is 4.44. The normalized spacial score (nSPS) is 11.5. The Morgan fingerprint density at radius 3 is 2.23 bits per heavy atom. The summed E-state index contributed by atoms with van der Waals surface area (Å²) in [6.07, 6.45) is -0.458. The second kappa shape index (κ2) is 12.6. The Labute approximate surface area is 186 Å². The summed E-state index contributed by atoms with van der Waals surface area (Å²) >= 11 is 5.95. The summed E-state index contributed by atoms with van der Waals surface area (Å²) in [5.41, 5.74) is 1.60. The lowest BCUT2D eigenvalue weighted by Gasteiger charge is -2.17. The summed E-state index contributed by atoms with van der Waals surface area (Å²) in [5.74, 6) is -1.78. The van der Waals surface area contributed by atoms with Crippen molar-refractivity contribution in [2.45, 2.75) is 32.8 Å². The summed E-state index contributed by atoms with van der Waals surface area (Å²) < 4.78 is 15.1. The Hall–Kier alpha value is -3.06. The van der Waals surface area contributed by atoms with Gasteiger partial charge in [0.25, 0.3) is 0 Å². The minimum atomic E-state index is -0.746. The van der Waals surface area contributed by atoms with Gasteiger partial charge in [0.15, 0.2) is 0 Å². The molecule has 8 heteroatoms. The van der Waals surface area contributed by atoms with Gasteiger partial charge in [-0.15, -0.1) is 0 Å². The second-order valence-electron chi connectivity index (χ2n) is 7.08. The van der Waals surface area contributed by atoms with Crippen molar-refractivity contribution in [2.24, 2.45) is 5.92 Å². The number of alkyl carbamates (subject to hydrolysis) is 1. The monoisotopic (exact) mass is 447 g/mol. The highest BCUT2D eigenvalue weighted by atomic mass is 35.5. The van der Waals surface area contributed by atoms with Crippen LogP contribution in [0, 0.1) is 5.92 Å². The maximum atomic E-state index is 12.7. The summed E-state index contributed by atoms with van der Waals surface area (Å²) in [6.45, 7) is 3.19. The molecule has 166 valence electrons. The number of benzene rings is 2. The molecule has 0 bridgehead atoms. The molecular weight excluding hydrogens is 422 g/mol. The van der Waals surface area contributed by atoms with Gasteiger partial charge in [-0.3, -0.25) is 9.59 Å². The van der Waals surface area contributed by atoms with Gasteiger partial charge < -0.3 is 19.5 Å². The Balaban J connectivity index is 1.88. The summed E-state index contributed by atoms with van der Waals surface area (Å²) in [4.78, 5) is 35.9. The van der Waals surface area contributed by atoms with Crippen LogP contribution in [0.25, 0.3) is 0 Å². The van der Waals surface area contributed by atoms with Crippen LogP contribution in [0.2, 0.25) is 5.02 Å².